The standard InChI is InChI=1S/C15H15NO2/c1-18-14(17)15(11-16)10-6-5-9-13(15)12-7-3-2-4-8-12/h2-8,13H,9-10H2,1H3/t13-,15-/m1/s1. The Hall–Kier alpha value is -2.08. The molecule has 18 heavy (non-hydrogen) atoms. The van der Waals surface area contributed by atoms with Crippen LogP contribution in [0.1, 0.15) is 24.3 Å². The fraction of sp³-hybridized carbons (Fsp3) is 0.333. The van der Waals surface area contributed by atoms with Gasteiger partial charge < -0.3 is 4.74 Å². The number of nitrogens with zero attached hydrogens (tertiary/aromatic N) is 1. The Kier molecular flexibility index (Phi) is 3.47. The first kappa shape index (κ1) is 12.4. The summed E-state index contributed by atoms with van der Waals surface area (Å²) in [6.07, 6.45) is 5.01. The zero-order chi connectivity index (χ0) is 13.0. The van der Waals surface area contributed by atoms with E-state index in [0.717, 1.165) is 5.56 Å². The average Bonchev–Trinajstić information content (AvgIpc) is 2.47. The van der Waals surface area contributed by atoms with Crippen LogP contribution in [0.2, 0.25) is 0 Å². The molecular formula is C15H15NO2. The maximum Gasteiger partial charge on any atom is 0.327 e. The Bertz CT molecular complexity index is 501. The zero-order valence-corrected chi connectivity index (χ0v) is 10.3. The highest BCUT2D eigenvalue weighted by Crippen LogP contribution is 2.45. The molecular weight excluding hydrogens is 226 g/mol. The minimum Gasteiger partial charge on any atom is -0.468 e. The summed E-state index contributed by atoms with van der Waals surface area (Å²) >= 11 is 0. The van der Waals surface area contributed by atoms with E-state index >= 15 is 0 Å². The molecule has 1 aliphatic rings. The number of benzene rings is 1. The quantitative estimate of drug-likeness (QED) is 0.591. The lowest BCUT2D eigenvalue weighted by Crippen LogP contribution is -2.38. The van der Waals surface area contributed by atoms with Crippen molar-refractivity contribution in [3.63, 3.8) is 0 Å². The summed E-state index contributed by atoms with van der Waals surface area (Å²) in [6, 6.07) is 11.9. The predicted octanol–water partition coefficient (Wildman–Crippen LogP) is 2.80. The van der Waals surface area contributed by atoms with Gasteiger partial charge in [0.2, 0.25) is 0 Å². The molecule has 92 valence electrons. The second-order valence-electron chi connectivity index (χ2n) is 4.45. The van der Waals surface area contributed by atoms with Crippen molar-refractivity contribution in [1.82, 2.24) is 0 Å². The molecule has 0 saturated heterocycles. The van der Waals surface area contributed by atoms with Crippen molar-refractivity contribution in [2.24, 2.45) is 5.41 Å². The first-order valence-corrected chi connectivity index (χ1v) is 5.94. The number of rotatable bonds is 2. The van der Waals surface area contributed by atoms with Gasteiger partial charge in [-0.2, -0.15) is 5.26 Å². The van der Waals surface area contributed by atoms with Gasteiger partial charge in [-0.1, -0.05) is 42.5 Å². The molecule has 1 aromatic carbocycles. The number of nitriles is 1. The molecule has 0 aliphatic heterocycles. The Balaban J connectivity index is 2.47. The fourth-order valence-corrected chi connectivity index (χ4v) is 2.53. The smallest absolute Gasteiger partial charge is 0.327 e. The van der Waals surface area contributed by atoms with Crippen LogP contribution < -0.4 is 0 Å². The summed E-state index contributed by atoms with van der Waals surface area (Å²) in [5.41, 5.74) is -0.0843. The fourth-order valence-electron chi connectivity index (χ4n) is 2.53. The van der Waals surface area contributed by atoms with Crippen LogP contribution >= 0.6 is 0 Å². The van der Waals surface area contributed by atoms with Crippen molar-refractivity contribution in [2.45, 2.75) is 18.8 Å². The molecule has 0 aromatic heterocycles. The number of ether oxygens (including phenoxy) is 1. The Morgan fingerprint density at radius 3 is 2.72 bits per heavy atom. The Labute approximate surface area is 107 Å². The second kappa shape index (κ2) is 5.05. The van der Waals surface area contributed by atoms with E-state index in [-0.39, 0.29) is 5.92 Å². The van der Waals surface area contributed by atoms with Crippen molar-refractivity contribution in [3.8, 4) is 6.07 Å². The molecule has 0 N–H and O–H groups in total. The SMILES string of the molecule is COC(=O)[C@@]1(C#N)CC=CC[C@@H]1c1ccccc1. The maximum atomic E-state index is 12.0. The van der Waals surface area contributed by atoms with E-state index in [1.54, 1.807) is 0 Å². The molecule has 0 bridgehead atoms. The minimum absolute atomic E-state index is 0.138. The molecule has 3 heteroatoms. The van der Waals surface area contributed by atoms with Gasteiger partial charge in [0.05, 0.1) is 13.2 Å². The van der Waals surface area contributed by atoms with Crippen molar-refractivity contribution in [3.05, 3.63) is 48.0 Å². The third-order valence-corrected chi connectivity index (χ3v) is 3.52. The highest BCUT2D eigenvalue weighted by molar-refractivity contribution is 5.82. The summed E-state index contributed by atoms with van der Waals surface area (Å²) in [7, 11) is 1.34. The van der Waals surface area contributed by atoms with Crippen LogP contribution in [0.3, 0.4) is 0 Å². The first-order chi connectivity index (χ1) is 8.74. The molecule has 0 amide bonds. The topological polar surface area (TPSA) is 50.1 Å². The molecule has 0 fully saturated rings. The number of hydrogen-bond donors (Lipinski definition) is 0. The summed E-state index contributed by atoms with van der Waals surface area (Å²) in [4.78, 5) is 12.0. The van der Waals surface area contributed by atoms with Gasteiger partial charge in [0.15, 0.2) is 5.41 Å². The van der Waals surface area contributed by atoms with E-state index in [1.165, 1.54) is 7.11 Å². The van der Waals surface area contributed by atoms with Gasteiger partial charge in [0, 0.05) is 5.92 Å². The number of allylic oxidation sites excluding steroid dienone is 2. The molecule has 2 rings (SSSR count). The highest BCUT2D eigenvalue weighted by atomic mass is 16.5. The van der Waals surface area contributed by atoms with E-state index in [0.29, 0.717) is 12.8 Å². The molecule has 1 aliphatic carbocycles. The number of carbonyl (C=O) groups is 1. The predicted molar refractivity (Wildman–Crippen MR) is 67.6 cm³/mol. The second-order valence-corrected chi connectivity index (χ2v) is 4.45. The third kappa shape index (κ3) is 1.91. The summed E-state index contributed by atoms with van der Waals surface area (Å²) in [5, 5.41) is 9.49. The molecule has 3 nitrogen and oxygen atoms in total. The largest absolute Gasteiger partial charge is 0.468 e. The molecule has 2 atom stereocenters. The van der Waals surface area contributed by atoms with Gasteiger partial charge >= 0.3 is 5.97 Å². The van der Waals surface area contributed by atoms with Crippen molar-refractivity contribution in [2.75, 3.05) is 7.11 Å². The van der Waals surface area contributed by atoms with Crippen LogP contribution in [-0.2, 0) is 9.53 Å². The van der Waals surface area contributed by atoms with Crippen LogP contribution in [0.5, 0.6) is 0 Å². The monoisotopic (exact) mass is 241 g/mol. The minimum atomic E-state index is -1.09. The highest BCUT2D eigenvalue weighted by Gasteiger charge is 2.48. The summed E-state index contributed by atoms with van der Waals surface area (Å²) < 4.78 is 4.84. The Morgan fingerprint density at radius 2 is 2.11 bits per heavy atom. The molecule has 0 saturated carbocycles. The van der Waals surface area contributed by atoms with Gasteiger partial charge in [-0.05, 0) is 18.4 Å². The van der Waals surface area contributed by atoms with Crippen molar-refractivity contribution in [1.29, 1.82) is 5.26 Å². The van der Waals surface area contributed by atoms with Gasteiger partial charge in [-0.3, -0.25) is 4.79 Å². The number of esters is 1. The summed E-state index contributed by atoms with van der Waals surface area (Å²) in [6.45, 7) is 0. The van der Waals surface area contributed by atoms with Crippen LogP contribution in [0, 0.1) is 16.7 Å². The lowest BCUT2D eigenvalue weighted by atomic mass is 9.67. The van der Waals surface area contributed by atoms with E-state index < -0.39 is 11.4 Å². The van der Waals surface area contributed by atoms with Crippen LogP contribution in [0.4, 0.5) is 0 Å². The van der Waals surface area contributed by atoms with Crippen molar-refractivity contribution >= 4 is 5.97 Å². The van der Waals surface area contributed by atoms with Crippen LogP contribution in [0.15, 0.2) is 42.5 Å². The average molecular weight is 241 g/mol. The first-order valence-electron chi connectivity index (χ1n) is 5.94. The maximum absolute atomic E-state index is 12.0. The number of methoxy groups -OCH3 is 1. The van der Waals surface area contributed by atoms with Crippen molar-refractivity contribution < 1.29 is 9.53 Å². The third-order valence-electron chi connectivity index (χ3n) is 3.52. The van der Waals surface area contributed by atoms with E-state index in [2.05, 4.69) is 6.07 Å². The lowest BCUT2D eigenvalue weighted by Gasteiger charge is -2.34. The number of hydrogen-bond acceptors (Lipinski definition) is 3. The van der Waals surface area contributed by atoms with E-state index in [1.807, 2.05) is 42.5 Å². The normalized spacial score (nSPS) is 26.3. The molecule has 0 unspecified atom stereocenters. The van der Waals surface area contributed by atoms with Gasteiger partial charge in [-0.25, -0.2) is 0 Å². The van der Waals surface area contributed by atoms with Gasteiger partial charge in [-0.15, -0.1) is 0 Å². The molecule has 0 spiro atoms. The van der Waals surface area contributed by atoms with Crippen LogP contribution in [0.25, 0.3) is 0 Å². The summed E-state index contributed by atoms with van der Waals surface area (Å²) in [5.74, 6) is -0.579. The van der Waals surface area contributed by atoms with Crippen LogP contribution in [-0.4, -0.2) is 13.1 Å². The van der Waals surface area contributed by atoms with Gasteiger partial charge in [0.1, 0.15) is 0 Å². The number of carbonyl (C=O) groups excluding carboxylic acids is 1. The van der Waals surface area contributed by atoms with E-state index in [9.17, 15) is 10.1 Å². The molecule has 1 aromatic rings. The zero-order valence-electron chi connectivity index (χ0n) is 10.3. The van der Waals surface area contributed by atoms with Gasteiger partial charge in [0.25, 0.3) is 0 Å². The molecule has 0 radical (unpaired) electrons. The van der Waals surface area contributed by atoms with E-state index in [4.69, 9.17) is 4.74 Å². The lowest BCUT2D eigenvalue weighted by molar-refractivity contribution is -0.150. The molecule has 0 heterocycles. The Morgan fingerprint density at radius 1 is 1.39 bits per heavy atom.